The molecule has 1 aromatic carbocycles. The second-order valence-corrected chi connectivity index (χ2v) is 5.71. The Bertz CT molecular complexity index is 836. The van der Waals surface area contributed by atoms with Crippen LogP contribution in [0, 0.1) is 0 Å². The summed E-state index contributed by atoms with van der Waals surface area (Å²) in [5, 5.41) is 5.48. The van der Waals surface area contributed by atoms with E-state index in [0.717, 1.165) is 29.4 Å². The summed E-state index contributed by atoms with van der Waals surface area (Å²) in [6.45, 7) is 0. The number of pyridine rings is 1. The van der Waals surface area contributed by atoms with Crippen LogP contribution in [0.5, 0.6) is 0 Å². The molecule has 3 aromatic rings. The van der Waals surface area contributed by atoms with E-state index in [4.69, 9.17) is 0 Å². The van der Waals surface area contributed by atoms with Crippen LogP contribution in [0.25, 0.3) is 16.6 Å². The number of rotatable bonds is 3. The quantitative estimate of drug-likeness (QED) is 0.745. The predicted molar refractivity (Wildman–Crippen MR) is 84.0 cm³/mol. The van der Waals surface area contributed by atoms with Crippen LogP contribution < -0.4 is 0 Å². The van der Waals surface area contributed by atoms with Gasteiger partial charge in [-0.3, -0.25) is 9.78 Å². The van der Waals surface area contributed by atoms with E-state index in [2.05, 4.69) is 10.1 Å². The van der Waals surface area contributed by atoms with E-state index in [-0.39, 0.29) is 5.91 Å². The number of benzene rings is 1. The minimum atomic E-state index is 0.0820. The van der Waals surface area contributed by atoms with Gasteiger partial charge in [0.25, 0.3) is 5.91 Å². The number of nitrogens with zero attached hydrogens (tertiary/aromatic N) is 4. The van der Waals surface area contributed by atoms with Gasteiger partial charge in [-0.25, -0.2) is 4.68 Å². The molecule has 110 valence electrons. The Balaban J connectivity index is 1.70. The lowest BCUT2D eigenvalue weighted by Gasteiger charge is -2.15. The molecule has 0 unspecified atom stereocenters. The van der Waals surface area contributed by atoms with Crippen molar-refractivity contribution in [2.75, 3.05) is 7.05 Å². The molecule has 0 aliphatic heterocycles. The molecule has 2 aromatic heterocycles. The van der Waals surface area contributed by atoms with Crippen molar-refractivity contribution < 1.29 is 4.79 Å². The summed E-state index contributed by atoms with van der Waals surface area (Å²) in [5.41, 5.74) is 2.49. The van der Waals surface area contributed by atoms with Gasteiger partial charge in [-0.2, -0.15) is 5.10 Å². The molecule has 0 spiro atoms. The van der Waals surface area contributed by atoms with E-state index in [9.17, 15) is 4.79 Å². The number of carbonyl (C=O) groups is 1. The summed E-state index contributed by atoms with van der Waals surface area (Å²) in [6, 6.07) is 9.91. The van der Waals surface area contributed by atoms with Crippen LogP contribution in [0.15, 0.2) is 48.9 Å². The Morgan fingerprint density at radius 2 is 2.18 bits per heavy atom. The molecule has 1 fully saturated rings. The van der Waals surface area contributed by atoms with Crippen LogP contribution >= 0.6 is 0 Å². The summed E-state index contributed by atoms with van der Waals surface area (Å²) < 4.78 is 1.79. The lowest BCUT2D eigenvalue weighted by atomic mass is 10.1. The number of aromatic nitrogens is 3. The van der Waals surface area contributed by atoms with Crippen LogP contribution in [-0.4, -0.2) is 38.7 Å². The van der Waals surface area contributed by atoms with Crippen LogP contribution in [-0.2, 0) is 0 Å². The molecule has 5 heteroatoms. The van der Waals surface area contributed by atoms with Crippen LogP contribution in [0.2, 0.25) is 0 Å². The largest absolute Gasteiger partial charge is 0.339 e. The molecule has 0 radical (unpaired) electrons. The number of carbonyl (C=O) groups excluding carboxylic acids is 1. The van der Waals surface area contributed by atoms with Crippen molar-refractivity contribution in [2.24, 2.45) is 0 Å². The molecule has 22 heavy (non-hydrogen) atoms. The Hall–Kier alpha value is -2.69. The molecule has 1 saturated carbocycles. The summed E-state index contributed by atoms with van der Waals surface area (Å²) in [6.07, 6.45) is 7.66. The fourth-order valence-electron chi connectivity index (χ4n) is 2.61. The minimum Gasteiger partial charge on any atom is -0.339 e. The Kier molecular flexibility index (Phi) is 2.92. The van der Waals surface area contributed by atoms with Crippen LogP contribution in [0.1, 0.15) is 23.2 Å². The van der Waals surface area contributed by atoms with Crippen molar-refractivity contribution in [1.29, 1.82) is 0 Å². The first-order valence-electron chi connectivity index (χ1n) is 7.39. The van der Waals surface area contributed by atoms with Crippen LogP contribution in [0.3, 0.4) is 0 Å². The zero-order chi connectivity index (χ0) is 15.1. The van der Waals surface area contributed by atoms with Crippen molar-refractivity contribution in [3.05, 3.63) is 54.5 Å². The lowest BCUT2D eigenvalue weighted by Crippen LogP contribution is -2.28. The molecule has 0 atom stereocenters. The molecule has 1 aliphatic rings. The van der Waals surface area contributed by atoms with Gasteiger partial charge < -0.3 is 4.90 Å². The van der Waals surface area contributed by atoms with E-state index in [1.54, 1.807) is 17.1 Å². The van der Waals surface area contributed by atoms with Crippen molar-refractivity contribution >= 4 is 16.8 Å². The summed E-state index contributed by atoms with van der Waals surface area (Å²) >= 11 is 0. The average Bonchev–Trinajstić information content (AvgIpc) is 3.32. The highest BCUT2D eigenvalue weighted by molar-refractivity contribution is 5.98. The van der Waals surface area contributed by atoms with Crippen LogP contribution in [0.4, 0.5) is 0 Å². The number of amides is 1. The van der Waals surface area contributed by atoms with E-state index < -0.39 is 0 Å². The maximum atomic E-state index is 12.4. The van der Waals surface area contributed by atoms with Gasteiger partial charge in [0.2, 0.25) is 0 Å². The van der Waals surface area contributed by atoms with Gasteiger partial charge in [0.15, 0.2) is 0 Å². The van der Waals surface area contributed by atoms with Gasteiger partial charge >= 0.3 is 0 Å². The Labute approximate surface area is 128 Å². The average molecular weight is 292 g/mol. The molecular weight excluding hydrogens is 276 g/mol. The van der Waals surface area contributed by atoms with E-state index in [1.165, 1.54) is 0 Å². The fourth-order valence-corrected chi connectivity index (χ4v) is 2.61. The third kappa shape index (κ3) is 2.24. The van der Waals surface area contributed by atoms with Gasteiger partial charge in [0, 0.05) is 36.4 Å². The second-order valence-electron chi connectivity index (χ2n) is 5.71. The topological polar surface area (TPSA) is 51.0 Å². The standard InChI is InChI=1S/C17H16N4O/c1-20(14-5-6-14)17(22)12-4-7-16-13(9-12)11-21(19-16)15-3-2-8-18-10-15/h2-4,7-11,14H,5-6H2,1H3. The van der Waals surface area contributed by atoms with E-state index in [0.29, 0.717) is 11.6 Å². The zero-order valence-corrected chi connectivity index (χ0v) is 12.3. The maximum Gasteiger partial charge on any atom is 0.253 e. The molecule has 4 rings (SSSR count). The Morgan fingerprint density at radius 1 is 1.32 bits per heavy atom. The lowest BCUT2D eigenvalue weighted by molar-refractivity contribution is 0.0785. The highest BCUT2D eigenvalue weighted by Crippen LogP contribution is 2.27. The Morgan fingerprint density at radius 3 is 2.91 bits per heavy atom. The third-order valence-electron chi connectivity index (χ3n) is 4.08. The number of hydrogen-bond acceptors (Lipinski definition) is 3. The maximum absolute atomic E-state index is 12.4. The normalized spacial score (nSPS) is 14.2. The van der Waals surface area contributed by atoms with Gasteiger partial charge in [-0.15, -0.1) is 0 Å². The van der Waals surface area contributed by atoms with Gasteiger partial charge in [0.05, 0.1) is 17.4 Å². The van der Waals surface area contributed by atoms with Gasteiger partial charge in [-0.1, -0.05) is 0 Å². The number of fused-ring (bicyclic) bond motifs is 1. The van der Waals surface area contributed by atoms with Gasteiger partial charge in [0.1, 0.15) is 0 Å². The van der Waals surface area contributed by atoms with Gasteiger partial charge in [-0.05, 0) is 43.2 Å². The fraction of sp³-hybridized carbons (Fsp3) is 0.235. The molecule has 1 amide bonds. The van der Waals surface area contributed by atoms with Crippen molar-refractivity contribution in [1.82, 2.24) is 19.7 Å². The zero-order valence-electron chi connectivity index (χ0n) is 12.3. The van der Waals surface area contributed by atoms with Crippen molar-refractivity contribution in [2.45, 2.75) is 18.9 Å². The SMILES string of the molecule is CN(C(=O)c1ccc2nn(-c3cccnc3)cc2c1)C1CC1. The first-order valence-corrected chi connectivity index (χ1v) is 7.39. The molecule has 0 bridgehead atoms. The first-order chi connectivity index (χ1) is 10.7. The van der Waals surface area contributed by atoms with Crippen molar-refractivity contribution in [3.8, 4) is 5.69 Å². The molecule has 2 heterocycles. The van der Waals surface area contributed by atoms with Crippen molar-refractivity contribution in [3.63, 3.8) is 0 Å². The summed E-state index contributed by atoms with van der Waals surface area (Å²) in [5.74, 6) is 0.0820. The molecule has 0 N–H and O–H groups in total. The summed E-state index contributed by atoms with van der Waals surface area (Å²) in [4.78, 5) is 18.4. The highest BCUT2D eigenvalue weighted by atomic mass is 16.2. The second kappa shape index (κ2) is 4.94. The molecule has 0 saturated heterocycles. The third-order valence-corrected chi connectivity index (χ3v) is 4.08. The highest BCUT2D eigenvalue weighted by Gasteiger charge is 2.30. The minimum absolute atomic E-state index is 0.0820. The van der Waals surface area contributed by atoms with E-state index >= 15 is 0 Å². The van der Waals surface area contributed by atoms with E-state index in [1.807, 2.05) is 48.5 Å². The summed E-state index contributed by atoms with van der Waals surface area (Å²) in [7, 11) is 1.88. The monoisotopic (exact) mass is 292 g/mol. The predicted octanol–water partition coefficient (Wildman–Crippen LogP) is 2.65. The molecule has 1 aliphatic carbocycles. The first kappa shape index (κ1) is 13.0. The molecular formula is C17H16N4O. The molecule has 5 nitrogen and oxygen atoms in total. The smallest absolute Gasteiger partial charge is 0.253 e. The number of hydrogen-bond donors (Lipinski definition) is 0.